The first-order valence-corrected chi connectivity index (χ1v) is 6.90. The number of rotatable bonds is 3. The molecule has 2 aromatic rings. The minimum Gasteiger partial charge on any atom is -0.446 e. The Hall–Kier alpha value is -3.29. The lowest BCUT2D eigenvalue weighted by molar-refractivity contribution is -0.385. The first-order valence-electron chi connectivity index (χ1n) is 6.90. The minimum absolute atomic E-state index is 0.0733. The molecule has 7 nitrogen and oxygen atoms in total. The van der Waals surface area contributed by atoms with E-state index in [9.17, 15) is 24.1 Å². The van der Waals surface area contributed by atoms with Gasteiger partial charge in [0.1, 0.15) is 5.82 Å². The van der Waals surface area contributed by atoms with Gasteiger partial charge >= 0.3 is 17.6 Å². The van der Waals surface area contributed by atoms with Crippen molar-refractivity contribution in [2.45, 2.75) is 12.5 Å². The molecule has 8 heteroatoms. The molecule has 1 unspecified atom stereocenters. The summed E-state index contributed by atoms with van der Waals surface area (Å²) in [5, 5.41) is 10.9. The van der Waals surface area contributed by atoms with Crippen LogP contribution in [-0.4, -0.2) is 23.0 Å². The van der Waals surface area contributed by atoms with E-state index in [1.807, 2.05) is 0 Å². The number of halogens is 1. The highest BCUT2D eigenvalue weighted by molar-refractivity contribution is 5.95. The molecule has 2 aromatic carbocycles. The number of esters is 2. The monoisotopic (exact) mass is 331 g/mol. The largest absolute Gasteiger partial charge is 0.446 e. The first kappa shape index (κ1) is 15.6. The number of nitrogens with zero attached hydrogens (tertiary/aromatic N) is 1. The smallest absolute Gasteiger partial charge is 0.353 e. The van der Waals surface area contributed by atoms with E-state index in [-0.39, 0.29) is 6.42 Å². The van der Waals surface area contributed by atoms with Gasteiger partial charge in [-0.3, -0.25) is 10.1 Å². The van der Waals surface area contributed by atoms with Gasteiger partial charge in [-0.1, -0.05) is 18.2 Å². The van der Waals surface area contributed by atoms with E-state index in [1.165, 1.54) is 0 Å². The van der Waals surface area contributed by atoms with Gasteiger partial charge in [-0.2, -0.15) is 0 Å². The first-order chi connectivity index (χ1) is 11.5. The fourth-order valence-corrected chi connectivity index (χ4v) is 2.36. The van der Waals surface area contributed by atoms with Gasteiger partial charge in [-0.15, -0.1) is 0 Å². The molecule has 0 fully saturated rings. The minimum atomic E-state index is -1.25. The Morgan fingerprint density at radius 1 is 1.29 bits per heavy atom. The van der Waals surface area contributed by atoms with E-state index in [0.717, 1.165) is 18.2 Å². The predicted octanol–water partition coefficient (Wildman–Crippen LogP) is 2.42. The molecule has 24 heavy (non-hydrogen) atoms. The molecule has 1 aliphatic rings. The molecule has 1 heterocycles. The van der Waals surface area contributed by atoms with Crippen LogP contribution in [0.15, 0.2) is 42.5 Å². The molecule has 3 rings (SSSR count). The highest BCUT2D eigenvalue weighted by Crippen LogP contribution is 2.29. The standard InChI is InChI=1S/C16H10FNO6/c17-10-5-6-12(18(21)22)13(8-10)23-16(20)14-7-9-3-1-2-4-11(9)15(19)24-14/h1-6,8,14H,7H2. The Morgan fingerprint density at radius 2 is 2.04 bits per heavy atom. The van der Waals surface area contributed by atoms with Crippen LogP contribution in [0, 0.1) is 15.9 Å². The van der Waals surface area contributed by atoms with Crippen LogP contribution in [0.4, 0.5) is 10.1 Å². The summed E-state index contributed by atoms with van der Waals surface area (Å²) in [6, 6.07) is 9.10. The number of cyclic esters (lactones) is 1. The number of fused-ring (bicyclic) bond motifs is 1. The Balaban J connectivity index is 1.83. The van der Waals surface area contributed by atoms with E-state index in [0.29, 0.717) is 11.1 Å². The van der Waals surface area contributed by atoms with E-state index in [1.54, 1.807) is 24.3 Å². The lowest BCUT2D eigenvalue weighted by Gasteiger charge is -2.22. The third kappa shape index (κ3) is 2.94. The average Bonchev–Trinajstić information content (AvgIpc) is 2.54. The molecule has 0 spiro atoms. The van der Waals surface area contributed by atoms with Crippen LogP contribution in [0.25, 0.3) is 0 Å². The number of benzene rings is 2. The maximum Gasteiger partial charge on any atom is 0.353 e. The molecule has 0 N–H and O–H groups in total. The number of nitro groups is 1. The Kier molecular flexibility index (Phi) is 3.95. The lowest BCUT2D eigenvalue weighted by atomic mass is 9.99. The summed E-state index contributed by atoms with van der Waals surface area (Å²) in [6.07, 6.45) is -1.18. The summed E-state index contributed by atoms with van der Waals surface area (Å²) in [5.74, 6) is -3.03. The van der Waals surface area contributed by atoms with Crippen LogP contribution >= 0.6 is 0 Å². The van der Waals surface area contributed by atoms with E-state index < -0.39 is 40.2 Å². The van der Waals surface area contributed by atoms with Crippen molar-refractivity contribution >= 4 is 17.6 Å². The maximum absolute atomic E-state index is 13.3. The van der Waals surface area contributed by atoms with Crippen molar-refractivity contribution in [1.29, 1.82) is 0 Å². The Morgan fingerprint density at radius 3 is 2.79 bits per heavy atom. The van der Waals surface area contributed by atoms with Crippen molar-refractivity contribution in [3.63, 3.8) is 0 Å². The van der Waals surface area contributed by atoms with Crippen molar-refractivity contribution in [2.75, 3.05) is 0 Å². The average molecular weight is 331 g/mol. The van der Waals surface area contributed by atoms with Crippen molar-refractivity contribution in [3.8, 4) is 5.75 Å². The summed E-state index contributed by atoms with van der Waals surface area (Å²) >= 11 is 0. The second-order valence-electron chi connectivity index (χ2n) is 5.05. The fraction of sp³-hybridized carbons (Fsp3) is 0.125. The molecule has 1 atom stereocenters. The van der Waals surface area contributed by atoms with E-state index >= 15 is 0 Å². The normalized spacial score (nSPS) is 16.0. The molecule has 1 aliphatic heterocycles. The van der Waals surface area contributed by atoms with E-state index in [2.05, 4.69) is 0 Å². The predicted molar refractivity (Wildman–Crippen MR) is 78.0 cm³/mol. The van der Waals surface area contributed by atoms with Crippen LogP contribution in [0.2, 0.25) is 0 Å². The highest BCUT2D eigenvalue weighted by Gasteiger charge is 2.33. The zero-order valence-corrected chi connectivity index (χ0v) is 12.1. The molecule has 0 radical (unpaired) electrons. The van der Waals surface area contributed by atoms with Crippen molar-refractivity contribution in [3.05, 3.63) is 69.5 Å². The topological polar surface area (TPSA) is 95.7 Å². The number of ether oxygens (including phenoxy) is 2. The second kappa shape index (κ2) is 6.07. The molecule has 0 aliphatic carbocycles. The van der Waals surface area contributed by atoms with Crippen LogP contribution in [0.3, 0.4) is 0 Å². The van der Waals surface area contributed by atoms with E-state index in [4.69, 9.17) is 9.47 Å². The number of hydrogen-bond acceptors (Lipinski definition) is 6. The van der Waals surface area contributed by atoms with Crippen molar-refractivity contribution in [2.24, 2.45) is 0 Å². The van der Waals surface area contributed by atoms with Crippen LogP contribution in [-0.2, 0) is 16.0 Å². The fourth-order valence-electron chi connectivity index (χ4n) is 2.36. The van der Waals surface area contributed by atoms with Gasteiger partial charge in [-0.05, 0) is 17.7 Å². The zero-order valence-electron chi connectivity index (χ0n) is 12.1. The summed E-state index contributed by atoms with van der Waals surface area (Å²) in [7, 11) is 0. The van der Waals surface area contributed by atoms with Crippen molar-refractivity contribution in [1.82, 2.24) is 0 Å². The third-order valence-corrected chi connectivity index (χ3v) is 3.48. The maximum atomic E-state index is 13.3. The van der Waals surface area contributed by atoms with Gasteiger partial charge in [0.2, 0.25) is 11.9 Å². The number of carbonyl (C=O) groups excluding carboxylic acids is 2. The Bertz CT molecular complexity index is 850. The van der Waals surface area contributed by atoms with Crippen LogP contribution in [0.5, 0.6) is 5.75 Å². The summed E-state index contributed by atoms with van der Waals surface area (Å²) < 4.78 is 23.2. The summed E-state index contributed by atoms with van der Waals surface area (Å²) in [6.45, 7) is 0. The van der Waals surface area contributed by atoms with Gasteiger partial charge in [-0.25, -0.2) is 14.0 Å². The van der Waals surface area contributed by atoms with Crippen LogP contribution in [0.1, 0.15) is 15.9 Å². The summed E-state index contributed by atoms with van der Waals surface area (Å²) in [5.41, 5.74) is 0.384. The van der Waals surface area contributed by atoms with Gasteiger partial charge in [0, 0.05) is 18.6 Å². The lowest BCUT2D eigenvalue weighted by Crippen LogP contribution is -2.37. The van der Waals surface area contributed by atoms with Gasteiger partial charge in [0.15, 0.2) is 0 Å². The number of carbonyl (C=O) groups is 2. The third-order valence-electron chi connectivity index (χ3n) is 3.48. The molecule has 0 bridgehead atoms. The molecule has 0 aromatic heterocycles. The second-order valence-corrected chi connectivity index (χ2v) is 5.05. The SMILES string of the molecule is O=C1OC(C(=O)Oc2cc(F)ccc2[N+](=O)[O-])Cc2ccccc21. The van der Waals surface area contributed by atoms with Crippen LogP contribution < -0.4 is 4.74 Å². The molecule has 0 saturated carbocycles. The van der Waals surface area contributed by atoms with Gasteiger partial charge in [0.25, 0.3) is 0 Å². The highest BCUT2D eigenvalue weighted by atomic mass is 19.1. The molecular formula is C16H10FNO6. The zero-order chi connectivity index (χ0) is 17.3. The van der Waals surface area contributed by atoms with Gasteiger partial charge in [0.05, 0.1) is 10.5 Å². The van der Waals surface area contributed by atoms with Gasteiger partial charge < -0.3 is 9.47 Å². The van der Waals surface area contributed by atoms with Crippen molar-refractivity contribution < 1.29 is 28.4 Å². The quantitative estimate of drug-likeness (QED) is 0.371. The number of nitro benzene ring substituents is 1. The molecular weight excluding hydrogens is 321 g/mol. The Labute approximate surface area is 134 Å². The molecule has 0 saturated heterocycles. The molecule has 0 amide bonds. The molecule has 122 valence electrons. The number of hydrogen-bond donors (Lipinski definition) is 0. The summed E-state index contributed by atoms with van der Waals surface area (Å²) in [4.78, 5) is 34.2.